The maximum absolute atomic E-state index is 12.7. The van der Waals surface area contributed by atoms with E-state index in [9.17, 15) is 13.2 Å². The van der Waals surface area contributed by atoms with E-state index in [1.165, 1.54) is 18.1 Å². The molecule has 2 heterocycles. The number of hydrogen-bond donors (Lipinski definition) is 1. The Kier molecular flexibility index (Phi) is 4.55. The van der Waals surface area contributed by atoms with Crippen LogP contribution in [0.15, 0.2) is 18.2 Å². The van der Waals surface area contributed by atoms with Crippen LogP contribution in [0.1, 0.15) is 6.42 Å². The molecule has 0 bridgehead atoms. The molecule has 2 unspecified atom stereocenters. The van der Waals surface area contributed by atoms with Crippen molar-refractivity contribution >= 4 is 0 Å². The van der Waals surface area contributed by atoms with Crippen LogP contribution < -0.4 is 14.9 Å². The summed E-state index contributed by atoms with van der Waals surface area (Å²) in [4.78, 5) is 4.02. The van der Waals surface area contributed by atoms with E-state index in [1.807, 2.05) is 0 Å². The molecule has 1 aliphatic heterocycles. The monoisotopic (exact) mass is 301 g/mol. The largest absolute Gasteiger partial charge is 0.464 e. The van der Waals surface area contributed by atoms with Gasteiger partial charge < -0.3 is 9.47 Å². The summed E-state index contributed by atoms with van der Waals surface area (Å²) < 4.78 is 48.5. The molecular formula is C13H14F3N3O2. The second kappa shape index (κ2) is 6.20. The highest BCUT2D eigenvalue weighted by Gasteiger charge is 2.47. The summed E-state index contributed by atoms with van der Waals surface area (Å²) in [7, 11) is 1.48. The van der Waals surface area contributed by atoms with Gasteiger partial charge in [0.1, 0.15) is 6.04 Å². The van der Waals surface area contributed by atoms with E-state index >= 15 is 0 Å². The fourth-order valence-corrected chi connectivity index (χ4v) is 1.87. The zero-order chi connectivity index (χ0) is 15.5. The number of pyridine rings is 1. The number of hydrazine groups is 1. The highest BCUT2D eigenvalue weighted by Crippen LogP contribution is 2.29. The van der Waals surface area contributed by atoms with Crippen molar-refractivity contribution < 1.29 is 22.6 Å². The van der Waals surface area contributed by atoms with Crippen LogP contribution in [0, 0.1) is 12.3 Å². The molecule has 21 heavy (non-hydrogen) atoms. The van der Waals surface area contributed by atoms with Crippen LogP contribution in [-0.4, -0.2) is 42.1 Å². The first-order valence-corrected chi connectivity index (χ1v) is 6.16. The first-order valence-electron chi connectivity index (χ1n) is 6.16. The topological polar surface area (TPSA) is 46.6 Å². The number of aromatic nitrogens is 1. The van der Waals surface area contributed by atoms with Crippen molar-refractivity contribution in [3.05, 3.63) is 18.2 Å². The third-order valence-corrected chi connectivity index (χ3v) is 2.88. The predicted molar refractivity (Wildman–Crippen MR) is 68.3 cm³/mol. The van der Waals surface area contributed by atoms with Gasteiger partial charge in [-0.2, -0.15) is 18.2 Å². The SMILES string of the molecule is C#CCOc1cccc(OC2CC(C(F)(F)F)NN2C)n1. The van der Waals surface area contributed by atoms with Gasteiger partial charge in [0.05, 0.1) is 0 Å². The number of halogens is 3. The Balaban J connectivity index is 2.00. The van der Waals surface area contributed by atoms with Crippen molar-refractivity contribution in [1.82, 2.24) is 15.4 Å². The fraction of sp³-hybridized carbons (Fsp3) is 0.462. The molecule has 2 rings (SSSR count). The van der Waals surface area contributed by atoms with Gasteiger partial charge in [-0.25, -0.2) is 10.4 Å². The van der Waals surface area contributed by atoms with Gasteiger partial charge in [0.25, 0.3) is 0 Å². The van der Waals surface area contributed by atoms with Gasteiger partial charge in [0.2, 0.25) is 11.8 Å². The van der Waals surface area contributed by atoms with Crippen molar-refractivity contribution in [1.29, 1.82) is 0 Å². The van der Waals surface area contributed by atoms with Crippen LogP contribution in [0.25, 0.3) is 0 Å². The maximum atomic E-state index is 12.7. The van der Waals surface area contributed by atoms with Gasteiger partial charge in [-0.1, -0.05) is 12.0 Å². The van der Waals surface area contributed by atoms with Gasteiger partial charge >= 0.3 is 6.18 Å². The summed E-state index contributed by atoms with van der Waals surface area (Å²) in [6.07, 6.45) is -0.253. The zero-order valence-electron chi connectivity index (χ0n) is 11.2. The number of hydrogen-bond acceptors (Lipinski definition) is 5. The van der Waals surface area contributed by atoms with E-state index in [2.05, 4.69) is 16.3 Å². The van der Waals surface area contributed by atoms with E-state index < -0.39 is 18.4 Å². The van der Waals surface area contributed by atoms with Crippen molar-refractivity contribution in [2.45, 2.75) is 24.9 Å². The van der Waals surface area contributed by atoms with Crippen LogP contribution in [0.4, 0.5) is 13.2 Å². The number of nitrogens with one attached hydrogen (secondary N) is 1. The molecule has 2 atom stereocenters. The Morgan fingerprint density at radius 3 is 2.81 bits per heavy atom. The molecule has 1 aromatic rings. The Labute approximate surface area is 120 Å². The minimum atomic E-state index is -4.32. The average molecular weight is 301 g/mol. The summed E-state index contributed by atoms with van der Waals surface area (Å²) in [5, 5.41) is 1.27. The van der Waals surface area contributed by atoms with Crippen molar-refractivity contribution in [2.75, 3.05) is 13.7 Å². The molecular weight excluding hydrogens is 287 g/mol. The lowest BCUT2D eigenvalue weighted by Crippen LogP contribution is -2.43. The fourth-order valence-electron chi connectivity index (χ4n) is 1.87. The lowest BCUT2D eigenvalue weighted by atomic mass is 10.2. The third kappa shape index (κ3) is 4.00. The summed E-state index contributed by atoms with van der Waals surface area (Å²) in [5.74, 6) is 2.72. The lowest BCUT2D eigenvalue weighted by molar-refractivity contribution is -0.156. The normalized spacial score (nSPS) is 22.8. The average Bonchev–Trinajstić information content (AvgIpc) is 2.78. The highest BCUT2D eigenvalue weighted by molar-refractivity contribution is 5.20. The number of nitrogens with zero attached hydrogens (tertiary/aromatic N) is 2. The standard InChI is InChI=1S/C13H14F3N3O2/c1-3-7-20-10-5-4-6-11(17-10)21-12-8-9(13(14,15)16)18-19(12)2/h1,4-6,9,12,18H,7-8H2,2H3. The molecule has 1 aliphatic rings. The summed E-state index contributed by atoms with van der Waals surface area (Å²) in [6, 6.07) is 3.11. The van der Waals surface area contributed by atoms with Gasteiger partial charge in [-0.05, 0) is 0 Å². The molecule has 114 valence electrons. The molecule has 0 aliphatic carbocycles. The number of rotatable bonds is 4. The van der Waals surface area contributed by atoms with E-state index in [4.69, 9.17) is 15.9 Å². The van der Waals surface area contributed by atoms with Gasteiger partial charge in [0.15, 0.2) is 12.8 Å². The van der Waals surface area contributed by atoms with Crippen molar-refractivity contribution in [3.63, 3.8) is 0 Å². The van der Waals surface area contributed by atoms with Crippen LogP contribution in [-0.2, 0) is 0 Å². The van der Waals surface area contributed by atoms with E-state index in [-0.39, 0.29) is 24.8 Å². The van der Waals surface area contributed by atoms with Gasteiger partial charge in [0, 0.05) is 25.6 Å². The number of terminal acetylenes is 1. The molecule has 1 fully saturated rings. The molecule has 8 heteroatoms. The van der Waals surface area contributed by atoms with Crippen LogP contribution in [0.5, 0.6) is 11.8 Å². The Morgan fingerprint density at radius 1 is 1.48 bits per heavy atom. The third-order valence-electron chi connectivity index (χ3n) is 2.88. The van der Waals surface area contributed by atoms with E-state index in [1.54, 1.807) is 12.1 Å². The maximum Gasteiger partial charge on any atom is 0.405 e. The molecule has 0 saturated carbocycles. The molecule has 0 radical (unpaired) electrons. The molecule has 0 spiro atoms. The van der Waals surface area contributed by atoms with Crippen LogP contribution in [0.2, 0.25) is 0 Å². The van der Waals surface area contributed by atoms with Crippen molar-refractivity contribution in [3.8, 4) is 24.1 Å². The second-order valence-electron chi connectivity index (χ2n) is 4.45. The highest BCUT2D eigenvalue weighted by atomic mass is 19.4. The van der Waals surface area contributed by atoms with E-state index in [0.29, 0.717) is 0 Å². The smallest absolute Gasteiger partial charge is 0.405 e. The molecule has 1 saturated heterocycles. The molecule has 0 aromatic carbocycles. The predicted octanol–water partition coefficient (Wildman–Crippen LogP) is 1.57. The van der Waals surface area contributed by atoms with E-state index in [0.717, 1.165) is 0 Å². The van der Waals surface area contributed by atoms with Gasteiger partial charge in [-0.15, -0.1) is 6.42 Å². The summed E-state index contributed by atoms with van der Waals surface area (Å²) in [5.41, 5.74) is 2.31. The summed E-state index contributed by atoms with van der Waals surface area (Å²) in [6.45, 7) is 0.0531. The number of ether oxygens (including phenoxy) is 2. The molecule has 1 aromatic heterocycles. The zero-order valence-corrected chi connectivity index (χ0v) is 11.2. The van der Waals surface area contributed by atoms with Crippen LogP contribution in [0.3, 0.4) is 0 Å². The molecule has 0 amide bonds. The Morgan fingerprint density at radius 2 is 2.19 bits per heavy atom. The molecule has 1 N–H and O–H groups in total. The molecule has 5 nitrogen and oxygen atoms in total. The van der Waals surface area contributed by atoms with Gasteiger partial charge in [-0.3, -0.25) is 0 Å². The Bertz CT molecular complexity index is 530. The Hall–Kier alpha value is -1.98. The first-order chi connectivity index (χ1) is 9.90. The minimum absolute atomic E-state index is 0.0531. The quantitative estimate of drug-likeness (QED) is 0.855. The first kappa shape index (κ1) is 15.4. The lowest BCUT2D eigenvalue weighted by Gasteiger charge is -2.19. The summed E-state index contributed by atoms with van der Waals surface area (Å²) >= 11 is 0. The number of alkyl halides is 3. The minimum Gasteiger partial charge on any atom is -0.464 e. The second-order valence-corrected chi connectivity index (χ2v) is 4.45. The van der Waals surface area contributed by atoms with Crippen LogP contribution >= 0.6 is 0 Å². The van der Waals surface area contributed by atoms with Crippen molar-refractivity contribution in [2.24, 2.45) is 0 Å².